The van der Waals surface area contributed by atoms with Crippen LogP contribution in [0.4, 0.5) is 11.4 Å². The number of hydrogen-bond donors (Lipinski definition) is 1. The number of rotatable bonds is 6. The van der Waals surface area contributed by atoms with E-state index < -0.39 is 22.9 Å². The van der Waals surface area contributed by atoms with Gasteiger partial charge in [0.15, 0.2) is 6.10 Å². The summed E-state index contributed by atoms with van der Waals surface area (Å²) in [6.45, 7) is 2.94. The van der Waals surface area contributed by atoms with Gasteiger partial charge in [-0.3, -0.25) is 14.9 Å². The number of nitro benzene ring substituents is 1. The number of ether oxygens (including phenoxy) is 2. The molecule has 25 heavy (non-hydrogen) atoms. The molecular weight excluding hydrogens is 332 g/mol. The van der Waals surface area contributed by atoms with Gasteiger partial charge in [0, 0.05) is 0 Å². The van der Waals surface area contributed by atoms with Gasteiger partial charge in [0.25, 0.3) is 11.6 Å². The topological polar surface area (TPSA) is 121 Å². The maximum Gasteiger partial charge on any atom is 0.342 e. The second-order valence-electron chi connectivity index (χ2n) is 5.07. The molecule has 1 heterocycles. The van der Waals surface area contributed by atoms with Crippen molar-refractivity contribution in [1.82, 2.24) is 0 Å². The molecule has 0 bridgehead atoms. The van der Waals surface area contributed by atoms with Gasteiger partial charge >= 0.3 is 5.97 Å². The number of carbonyl (C=O) groups excluding carboxylic acids is 2. The number of methoxy groups -OCH3 is 1. The quantitative estimate of drug-likeness (QED) is 0.484. The SMILES string of the molecule is COc1ccc(NC(=O)[C@@H](C)OC(=O)c2ccoc2C)c([N+](=O)[O-])c1. The Labute approximate surface area is 142 Å². The van der Waals surface area contributed by atoms with E-state index in [2.05, 4.69) is 5.32 Å². The summed E-state index contributed by atoms with van der Waals surface area (Å²) in [5, 5.41) is 13.5. The van der Waals surface area contributed by atoms with Crippen LogP contribution in [0.1, 0.15) is 23.0 Å². The zero-order valence-corrected chi connectivity index (χ0v) is 13.8. The average molecular weight is 348 g/mol. The van der Waals surface area contributed by atoms with Crippen LogP contribution >= 0.6 is 0 Å². The van der Waals surface area contributed by atoms with Crippen molar-refractivity contribution in [3.05, 3.63) is 52.0 Å². The van der Waals surface area contributed by atoms with Crippen LogP contribution in [-0.2, 0) is 9.53 Å². The van der Waals surface area contributed by atoms with Crippen molar-refractivity contribution in [2.75, 3.05) is 12.4 Å². The van der Waals surface area contributed by atoms with E-state index in [1.165, 1.54) is 44.6 Å². The lowest BCUT2D eigenvalue weighted by atomic mass is 10.2. The number of aryl methyl sites for hydroxylation is 1. The molecule has 0 saturated carbocycles. The van der Waals surface area contributed by atoms with Crippen LogP contribution in [0, 0.1) is 17.0 Å². The molecule has 9 heteroatoms. The van der Waals surface area contributed by atoms with Crippen LogP contribution in [0.5, 0.6) is 5.75 Å². The van der Waals surface area contributed by atoms with E-state index in [1.54, 1.807) is 6.92 Å². The van der Waals surface area contributed by atoms with Crippen molar-refractivity contribution in [3.63, 3.8) is 0 Å². The van der Waals surface area contributed by atoms with E-state index in [-0.39, 0.29) is 22.7 Å². The van der Waals surface area contributed by atoms with Crippen LogP contribution < -0.4 is 10.1 Å². The first-order chi connectivity index (χ1) is 11.8. The van der Waals surface area contributed by atoms with E-state index in [4.69, 9.17) is 13.9 Å². The number of anilines is 1. The molecule has 2 aromatic rings. The summed E-state index contributed by atoms with van der Waals surface area (Å²) < 4.78 is 15.0. The fourth-order valence-electron chi connectivity index (χ4n) is 2.00. The Morgan fingerprint density at radius 2 is 2.04 bits per heavy atom. The minimum Gasteiger partial charge on any atom is -0.496 e. The maximum absolute atomic E-state index is 12.2. The summed E-state index contributed by atoms with van der Waals surface area (Å²) in [5.41, 5.74) is -0.162. The number of furan rings is 1. The molecule has 0 fully saturated rings. The van der Waals surface area contributed by atoms with Gasteiger partial charge in [0.2, 0.25) is 0 Å². The number of nitrogens with zero attached hydrogens (tertiary/aromatic N) is 1. The Morgan fingerprint density at radius 1 is 1.32 bits per heavy atom. The lowest BCUT2D eigenvalue weighted by Gasteiger charge is -2.13. The van der Waals surface area contributed by atoms with Crippen LogP contribution in [0.2, 0.25) is 0 Å². The number of nitrogens with one attached hydrogen (secondary N) is 1. The maximum atomic E-state index is 12.2. The molecule has 1 aromatic carbocycles. The monoisotopic (exact) mass is 348 g/mol. The fraction of sp³-hybridized carbons (Fsp3) is 0.250. The molecule has 0 aliphatic carbocycles. The minimum atomic E-state index is -1.16. The molecule has 0 radical (unpaired) electrons. The summed E-state index contributed by atoms with van der Waals surface area (Å²) in [4.78, 5) is 34.6. The van der Waals surface area contributed by atoms with Gasteiger partial charge in [-0.25, -0.2) is 4.79 Å². The van der Waals surface area contributed by atoms with Gasteiger partial charge in [-0.1, -0.05) is 0 Å². The first-order valence-corrected chi connectivity index (χ1v) is 7.22. The molecule has 1 amide bonds. The third kappa shape index (κ3) is 4.14. The highest BCUT2D eigenvalue weighted by Gasteiger charge is 2.24. The molecule has 1 aromatic heterocycles. The van der Waals surface area contributed by atoms with E-state index >= 15 is 0 Å². The molecule has 132 valence electrons. The molecule has 0 spiro atoms. The van der Waals surface area contributed by atoms with Gasteiger partial charge in [-0.2, -0.15) is 0 Å². The Bertz CT molecular complexity index is 813. The molecule has 1 atom stereocenters. The van der Waals surface area contributed by atoms with Gasteiger partial charge in [0.1, 0.15) is 22.8 Å². The number of esters is 1. The van der Waals surface area contributed by atoms with Crippen LogP contribution in [0.15, 0.2) is 34.9 Å². The van der Waals surface area contributed by atoms with Crippen molar-refractivity contribution >= 4 is 23.3 Å². The number of amides is 1. The van der Waals surface area contributed by atoms with Gasteiger partial charge < -0.3 is 19.2 Å². The standard InChI is InChI=1S/C16H16N2O7/c1-9-12(6-7-24-9)16(20)25-10(2)15(19)17-13-5-4-11(23-3)8-14(13)18(21)22/h4-8,10H,1-3H3,(H,17,19)/t10-/m1/s1. The highest BCUT2D eigenvalue weighted by molar-refractivity contribution is 5.98. The summed E-state index contributed by atoms with van der Waals surface area (Å²) in [7, 11) is 1.37. The molecule has 2 rings (SSSR count). The van der Waals surface area contributed by atoms with Crippen LogP contribution in [0.25, 0.3) is 0 Å². The van der Waals surface area contributed by atoms with Crippen molar-refractivity contribution < 1.29 is 28.4 Å². The Hall–Kier alpha value is -3.36. The largest absolute Gasteiger partial charge is 0.496 e. The minimum absolute atomic E-state index is 0.0295. The van der Waals surface area contributed by atoms with Gasteiger partial charge in [-0.05, 0) is 32.0 Å². The molecule has 0 aliphatic rings. The normalized spacial score (nSPS) is 11.5. The van der Waals surface area contributed by atoms with Gasteiger partial charge in [-0.15, -0.1) is 0 Å². The van der Waals surface area contributed by atoms with E-state index in [0.717, 1.165) is 0 Å². The first-order valence-electron chi connectivity index (χ1n) is 7.22. The third-order valence-electron chi connectivity index (χ3n) is 3.39. The Kier molecular flexibility index (Phi) is 5.38. The zero-order chi connectivity index (χ0) is 18.6. The summed E-state index contributed by atoms with van der Waals surface area (Å²) >= 11 is 0. The summed E-state index contributed by atoms with van der Waals surface area (Å²) in [5.74, 6) is -0.788. The van der Waals surface area contributed by atoms with E-state index in [0.29, 0.717) is 5.76 Å². The van der Waals surface area contributed by atoms with Crippen molar-refractivity contribution in [2.45, 2.75) is 20.0 Å². The Balaban J connectivity index is 2.10. The molecular formula is C16H16N2O7. The molecule has 0 saturated heterocycles. The summed E-state index contributed by atoms with van der Waals surface area (Å²) in [6, 6.07) is 5.41. The number of nitro groups is 1. The number of hydrogen-bond acceptors (Lipinski definition) is 7. The molecule has 0 aliphatic heterocycles. The Morgan fingerprint density at radius 3 is 2.60 bits per heavy atom. The average Bonchev–Trinajstić information content (AvgIpc) is 3.00. The van der Waals surface area contributed by atoms with Crippen molar-refractivity contribution in [1.29, 1.82) is 0 Å². The molecule has 1 N–H and O–H groups in total. The number of carbonyl (C=O) groups is 2. The summed E-state index contributed by atoms with van der Waals surface area (Å²) in [6.07, 6.45) is 0.167. The lowest BCUT2D eigenvalue weighted by molar-refractivity contribution is -0.384. The highest BCUT2D eigenvalue weighted by Crippen LogP contribution is 2.29. The van der Waals surface area contributed by atoms with E-state index in [1.807, 2.05) is 0 Å². The van der Waals surface area contributed by atoms with Gasteiger partial charge in [0.05, 0.1) is 24.4 Å². The second kappa shape index (κ2) is 7.47. The predicted molar refractivity (Wildman–Crippen MR) is 86.6 cm³/mol. The lowest BCUT2D eigenvalue weighted by Crippen LogP contribution is -2.30. The fourth-order valence-corrected chi connectivity index (χ4v) is 2.00. The van der Waals surface area contributed by atoms with E-state index in [9.17, 15) is 19.7 Å². The second-order valence-corrected chi connectivity index (χ2v) is 5.07. The molecule has 9 nitrogen and oxygen atoms in total. The van der Waals surface area contributed by atoms with Crippen molar-refractivity contribution in [3.8, 4) is 5.75 Å². The smallest absolute Gasteiger partial charge is 0.342 e. The van der Waals surface area contributed by atoms with Crippen molar-refractivity contribution in [2.24, 2.45) is 0 Å². The predicted octanol–water partition coefficient (Wildman–Crippen LogP) is 2.69. The molecule has 0 unspecified atom stereocenters. The first kappa shape index (κ1) is 18.0. The number of benzene rings is 1. The highest BCUT2D eigenvalue weighted by atomic mass is 16.6. The third-order valence-corrected chi connectivity index (χ3v) is 3.39. The zero-order valence-electron chi connectivity index (χ0n) is 13.8. The van der Waals surface area contributed by atoms with Crippen LogP contribution in [-0.4, -0.2) is 30.0 Å². The van der Waals surface area contributed by atoms with Crippen LogP contribution in [0.3, 0.4) is 0 Å².